The number of guanidine groups is 1. The topological polar surface area (TPSA) is 216 Å². The highest BCUT2D eigenvalue weighted by molar-refractivity contribution is 5.87. The van der Waals surface area contributed by atoms with Crippen molar-refractivity contribution in [2.24, 2.45) is 10.8 Å². The molecular weight excluding hydrogens is 622 g/mol. The van der Waals surface area contributed by atoms with E-state index in [0.717, 1.165) is 31.2 Å². The highest BCUT2D eigenvalue weighted by atomic mass is 16.7. The molecule has 6 N–H and O–H groups in total. The Morgan fingerprint density at radius 2 is 1.46 bits per heavy atom. The average Bonchev–Trinajstić information content (AvgIpc) is 3.06. The van der Waals surface area contributed by atoms with Crippen LogP contribution in [0.25, 0.3) is 0 Å². The van der Waals surface area contributed by atoms with E-state index in [1.54, 1.807) is 0 Å². The van der Waals surface area contributed by atoms with Gasteiger partial charge in [0.1, 0.15) is 23.8 Å². The van der Waals surface area contributed by atoms with Gasteiger partial charge in [0.2, 0.25) is 11.8 Å². The van der Waals surface area contributed by atoms with Crippen molar-refractivity contribution in [3.8, 4) is 0 Å². The molecule has 1 aromatic rings. The lowest BCUT2D eigenvalue weighted by Crippen LogP contribution is -2.47. The molecule has 0 spiro atoms. The molecule has 1 rings (SSSR count). The van der Waals surface area contributed by atoms with Crippen LogP contribution in [0.4, 0.5) is 4.79 Å². The minimum Gasteiger partial charge on any atom is -0.467 e. The summed E-state index contributed by atoms with van der Waals surface area (Å²) in [5.41, 5.74) is 6.26. The van der Waals surface area contributed by atoms with E-state index in [0.29, 0.717) is 25.7 Å². The number of ether oxygens (including phenoxy) is 2. The number of nitrogens with two attached hydrogens (primary N) is 1. The lowest BCUT2D eigenvalue weighted by Gasteiger charge is -2.19. The second-order valence-corrected chi connectivity index (χ2v) is 11.6. The number of amides is 3. The predicted molar refractivity (Wildman–Crippen MR) is 182 cm³/mol. The number of methoxy groups -OCH3 is 1. The third-order valence-corrected chi connectivity index (χ3v) is 7.53. The maximum atomic E-state index is 13.0. The van der Waals surface area contributed by atoms with Crippen LogP contribution in [0.15, 0.2) is 35.4 Å². The first-order chi connectivity index (χ1) is 23.2. The van der Waals surface area contributed by atoms with E-state index in [9.17, 15) is 29.3 Å². The van der Waals surface area contributed by atoms with Crippen molar-refractivity contribution in [3.05, 3.63) is 46.0 Å². The van der Waals surface area contributed by atoms with Crippen LogP contribution in [0, 0.1) is 10.1 Å². The number of carbonyl (C=O) groups excluding carboxylic acids is 4. The summed E-state index contributed by atoms with van der Waals surface area (Å²) in [5.74, 6) is -1.54. The first kappa shape index (κ1) is 41.6. The van der Waals surface area contributed by atoms with Crippen LogP contribution >= 0.6 is 0 Å². The number of hydrogen-bond acceptors (Lipinski definition) is 8. The summed E-state index contributed by atoms with van der Waals surface area (Å²) in [5, 5.41) is 23.3. The van der Waals surface area contributed by atoms with Gasteiger partial charge in [-0.25, -0.2) is 19.7 Å². The van der Waals surface area contributed by atoms with Gasteiger partial charge in [-0.15, -0.1) is 0 Å². The number of rotatable bonds is 26. The molecular formula is C33H55N7O8. The number of esters is 1. The normalized spacial score (nSPS) is 12.3. The van der Waals surface area contributed by atoms with Gasteiger partial charge in [0, 0.05) is 19.5 Å². The zero-order valence-corrected chi connectivity index (χ0v) is 28.5. The van der Waals surface area contributed by atoms with E-state index in [2.05, 4.69) is 33.3 Å². The maximum Gasteiger partial charge on any atom is 0.408 e. The molecule has 0 heterocycles. The molecule has 0 fully saturated rings. The van der Waals surface area contributed by atoms with E-state index in [-0.39, 0.29) is 50.3 Å². The van der Waals surface area contributed by atoms with Crippen LogP contribution in [0.5, 0.6) is 0 Å². The van der Waals surface area contributed by atoms with Crippen LogP contribution < -0.4 is 27.0 Å². The Morgan fingerprint density at radius 3 is 2.10 bits per heavy atom. The van der Waals surface area contributed by atoms with E-state index in [1.807, 2.05) is 30.3 Å². The van der Waals surface area contributed by atoms with Gasteiger partial charge in [0.05, 0.1) is 7.11 Å². The van der Waals surface area contributed by atoms with E-state index >= 15 is 0 Å². The lowest BCUT2D eigenvalue weighted by atomic mass is 10.1. The molecule has 0 saturated carbocycles. The lowest BCUT2D eigenvalue weighted by molar-refractivity contribution is -0.485. The molecule has 0 radical (unpaired) electrons. The van der Waals surface area contributed by atoms with Crippen molar-refractivity contribution in [1.29, 1.82) is 0 Å². The number of hydrazone groups is 1. The minimum absolute atomic E-state index is 0.0550. The number of carbonyl (C=O) groups is 4. The number of unbranched alkanes of at least 4 members (excludes halogenated alkanes) is 9. The number of hydrogen-bond donors (Lipinski definition) is 5. The summed E-state index contributed by atoms with van der Waals surface area (Å²) >= 11 is 0. The van der Waals surface area contributed by atoms with Crippen molar-refractivity contribution in [2.45, 2.75) is 122 Å². The molecule has 48 heavy (non-hydrogen) atoms. The zero-order valence-electron chi connectivity index (χ0n) is 28.5. The number of benzene rings is 1. The van der Waals surface area contributed by atoms with Crippen molar-refractivity contribution >= 4 is 29.8 Å². The molecule has 0 bridgehead atoms. The summed E-state index contributed by atoms with van der Waals surface area (Å²) in [6, 6.07) is 7.41. The molecule has 270 valence electrons. The Labute approximate surface area is 283 Å². The van der Waals surface area contributed by atoms with Gasteiger partial charge in [-0.3, -0.25) is 9.59 Å². The zero-order chi connectivity index (χ0) is 35.4. The van der Waals surface area contributed by atoms with Gasteiger partial charge in [-0.1, -0.05) is 88.6 Å². The quantitative estimate of drug-likeness (QED) is 0.0237. The van der Waals surface area contributed by atoms with Crippen LogP contribution in [-0.2, 0) is 30.5 Å². The summed E-state index contributed by atoms with van der Waals surface area (Å²) in [6.45, 7) is 2.74. The molecule has 3 amide bonds. The summed E-state index contributed by atoms with van der Waals surface area (Å²) in [4.78, 5) is 60.7. The summed E-state index contributed by atoms with van der Waals surface area (Å²) < 4.78 is 10.0. The van der Waals surface area contributed by atoms with Gasteiger partial charge in [-0.2, -0.15) is 0 Å². The second-order valence-electron chi connectivity index (χ2n) is 11.6. The Bertz CT molecular complexity index is 1120. The molecule has 2 atom stereocenters. The Morgan fingerprint density at radius 1 is 0.833 bits per heavy atom. The van der Waals surface area contributed by atoms with Crippen LogP contribution in [-0.4, -0.2) is 67.2 Å². The summed E-state index contributed by atoms with van der Waals surface area (Å²) in [6.07, 6.45) is 11.6. The van der Waals surface area contributed by atoms with Gasteiger partial charge in [0.15, 0.2) is 5.03 Å². The summed E-state index contributed by atoms with van der Waals surface area (Å²) in [7, 11) is 1.23. The van der Waals surface area contributed by atoms with Crippen molar-refractivity contribution in [2.75, 3.05) is 20.2 Å². The van der Waals surface area contributed by atoms with E-state index in [4.69, 9.17) is 15.2 Å². The number of nitrogens with one attached hydrogen (secondary N) is 4. The predicted octanol–water partition coefficient (Wildman–Crippen LogP) is 4.02. The van der Waals surface area contributed by atoms with Crippen molar-refractivity contribution < 1.29 is 33.7 Å². The Balaban J connectivity index is 2.52. The third-order valence-electron chi connectivity index (χ3n) is 7.53. The fraction of sp³-hybridized carbons (Fsp3) is 0.667. The number of nitrogens with zero attached hydrogens (tertiary/aromatic N) is 2. The largest absolute Gasteiger partial charge is 0.467 e. The molecule has 15 nitrogen and oxygen atoms in total. The minimum atomic E-state index is -0.916. The number of nitro groups is 1. The van der Waals surface area contributed by atoms with E-state index < -0.39 is 29.2 Å². The van der Waals surface area contributed by atoms with Gasteiger partial charge < -0.3 is 36.5 Å². The molecule has 0 aromatic heterocycles. The molecule has 0 aliphatic heterocycles. The fourth-order valence-electron chi connectivity index (χ4n) is 4.88. The van der Waals surface area contributed by atoms with Gasteiger partial charge in [0.25, 0.3) is 5.96 Å². The first-order valence-corrected chi connectivity index (χ1v) is 17.0. The average molecular weight is 678 g/mol. The molecule has 1 aromatic carbocycles. The SMILES string of the molecule is CCCCCCCCCCCC(=O)N[C@@H](CCCN/C(N)=N/[N+](=O)[O-])C(=O)NCCCC[C@H](NC(=O)OCc1ccccc1)C(=O)OC. The van der Waals surface area contributed by atoms with Gasteiger partial charge >= 0.3 is 12.1 Å². The van der Waals surface area contributed by atoms with Crippen molar-refractivity contribution in [3.63, 3.8) is 0 Å². The molecule has 0 saturated heterocycles. The standard InChI is InChI=1S/C33H55N7O8/c1-3-4-5-6-7-8-9-10-14-22-29(41)37-27(21-17-24-36-32(34)39-40(45)46)30(42)35-23-16-15-20-28(31(43)47-2)38-33(44)48-25-26-18-12-11-13-19-26/h11-13,18-19,27-28H,3-10,14-17,20-25H2,1-2H3,(H,35,42)(H,37,41)(H,38,44)(H3,34,36,39)/t27-,28-/m0/s1. The molecule has 0 aliphatic rings. The van der Waals surface area contributed by atoms with Crippen LogP contribution in [0.3, 0.4) is 0 Å². The number of alkyl carbamates (subject to hydrolysis) is 1. The third kappa shape index (κ3) is 21.4. The van der Waals surface area contributed by atoms with E-state index in [1.165, 1.54) is 39.2 Å². The van der Waals surface area contributed by atoms with Crippen molar-refractivity contribution in [1.82, 2.24) is 21.3 Å². The van der Waals surface area contributed by atoms with Gasteiger partial charge in [-0.05, 0) is 44.1 Å². The van der Waals surface area contributed by atoms with Crippen LogP contribution in [0.2, 0.25) is 0 Å². The highest BCUT2D eigenvalue weighted by Crippen LogP contribution is 2.11. The molecule has 0 unspecified atom stereocenters. The Kier molecular flexibility index (Phi) is 23.1. The highest BCUT2D eigenvalue weighted by Gasteiger charge is 2.23. The Hall–Kier alpha value is -4.43. The molecule has 0 aliphatic carbocycles. The molecule has 15 heteroatoms. The first-order valence-electron chi connectivity index (χ1n) is 17.0. The smallest absolute Gasteiger partial charge is 0.408 e. The van der Waals surface area contributed by atoms with Crippen LogP contribution in [0.1, 0.15) is 109 Å². The monoisotopic (exact) mass is 677 g/mol. The second kappa shape index (κ2) is 26.6. The maximum absolute atomic E-state index is 13.0. The fourth-order valence-corrected chi connectivity index (χ4v) is 4.88.